The van der Waals surface area contributed by atoms with Crippen LogP contribution in [0.1, 0.15) is 11.3 Å². The number of nitrogens with zero attached hydrogens (tertiary/aromatic N) is 3. The summed E-state index contributed by atoms with van der Waals surface area (Å²) in [5, 5.41) is 3.38. The third-order valence-electron chi connectivity index (χ3n) is 3.77. The average molecular weight is 424 g/mol. The Balaban J connectivity index is 0.00000192. The standard InChI is InChI=1S/C17H20N4O.HI/c1-18-17(19-12-14-7-5-9-16(20-14)22-2)21-11-10-13-6-3-4-8-15(13)21;/h3-9H,10-12H2,1-2H3,(H,18,19);1H. The zero-order valence-electron chi connectivity index (χ0n) is 13.3. The topological polar surface area (TPSA) is 49.8 Å². The summed E-state index contributed by atoms with van der Waals surface area (Å²) in [4.78, 5) is 11.0. The van der Waals surface area contributed by atoms with E-state index in [-0.39, 0.29) is 24.0 Å². The number of hydrogen-bond acceptors (Lipinski definition) is 3. The van der Waals surface area contributed by atoms with Crippen molar-refractivity contribution in [2.75, 3.05) is 25.6 Å². The molecule has 0 spiro atoms. The van der Waals surface area contributed by atoms with Crippen LogP contribution in [0.25, 0.3) is 0 Å². The van der Waals surface area contributed by atoms with Gasteiger partial charge in [0, 0.05) is 25.3 Å². The number of nitrogens with one attached hydrogen (secondary N) is 1. The summed E-state index contributed by atoms with van der Waals surface area (Å²) in [6.07, 6.45) is 1.05. The van der Waals surface area contributed by atoms with Gasteiger partial charge in [-0.25, -0.2) is 4.98 Å². The molecule has 0 amide bonds. The van der Waals surface area contributed by atoms with Crippen molar-refractivity contribution in [3.8, 4) is 5.88 Å². The van der Waals surface area contributed by atoms with Gasteiger partial charge in [0.2, 0.25) is 5.88 Å². The number of aromatic nitrogens is 1. The lowest BCUT2D eigenvalue weighted by Crippen LogP contribution is -2.40. The number of anilines is 1. The molecule has 1 aliphatic rings. The number of fused-ring (bicyclic) bond motifs is 1. The summed E-state index contributed by atoms with van der Waals surface area (Å²) >= 11 is 0. The number of ether oxygens (including phenoxy) is 1. The van der Waals surface area contributed by atoms with Gasteiger partial charge < -0.3 is 15.0 Å². The molecule has 0 fully saturated rings. The van der Waals surface area contributed by atoms with Crippen molar-refractivity contribution >= 4 is 35.6 Å². The molecule has 0 radical (unpaired) electrons. The second kappa shape index (κ2) is 8.14. The third-order valence-corrected chi connectivity index (χ3v) is 3.77. The van der Waals surface area contributed by atoms with E-state index in [1.165, 1.54) is 11.3 Å². The van der Waals surface area contributed by atoms with Gasteiger partial charge in [0.05, 0.1) is 19.3 Å². The SMILES string of the molecule is CN=C(NCc1cccc(OC)n1)N1CCc2ccccc21.I. The molecule has 1 aromatic carbocycles. The monoisotopic (exact) mass is 424 g/mol. The molecular formula is C17H21IN4O. The number of benzene rings is 1. The van der Waals surface area contributed by atoms with Crippen LogP contribution in [-0.4, -0.2) is 31.6 Å². The van der Waals surface area contributed by atoms with Crippen LogP contribution in [0, 0.1) is 0 Å². The molecule has 1 N–H and O–H groups in total. The fourth-order valence-corrected chi connectivity index (χ4v) is 2.69. The quantitative estimate of drug-likeness (QED) is 0.468. The van der Waals surface area contributed by atoms with Crippen molar-refractivity contribution in [1.29, 1.82) is 0 Å². The lowest BCUT2D eigenvalue weighted by molar-refractivity contribution is 0.396. The van der Waals surface area contributed by atoms with Gasteiger partial charge in [-0.1, -0.05) is 24.3 Å². The smallest absolute Gasteiger partial charge is 0.213 e. The van der Waals surface area contributed by atoms with E-state index in [0.717, 1.165) is 24.6 Å². The molecule has 0 saturated carbocycles. The summed E-state index contributed by atoms with van der Waals surface area (Å²) in [6, 6.07) is 14.2. The summed E-state index contributed by atoms with van der Waals surface area (Å²) in [6.45, 7) is 1.56. The molecule has 23 heavy (non-hydrogen) atoms. The maximum absolute atomic E-state index is 5.15. The Bertz CT molecular complexity index is 690. The molecule has 2 heterocycles. The molecule has 1 aliphatic heterocycles. The lowest BCUT2D eigenvalue weighted by Gasteiger charge is -2.22. The first-order valence-corrected chi connectivity index (χ1v) is 7.38. The predicted octanol–water partition coefficient (Wildman–Crippen LogP) is 2.85. The van der Waals surface area contributed by atoms with Gasteiger partial charge in [0.1, 0.15) is 0 Å². The first kappa shape index (κ1) is 17.5. The number of halogens is 1. The molecule has 0 atom stereocenters. The molecule has 6 heteroatoms. The number of guanidine groups is 1. The Morgan fingerprint density at radius 3 is 2.87 bits per heavy atom. The van der Waals surface area contributed by atoms with Crippen molar-refractivity contribution in [3.63, 3.8) is 0 Å². The molecule has 122 valence electrons. The van der Waals surface area contributed by atoms with Crippen LogP contribution in [0.3, 0.4) is 0 Å². The van der Waals surface area contributed by atoms with Crippen LogP contribution in [0.2, 0.25) is 0 Å². The highest BCUT2D eigenvalue weighted by atomic mass is 127. The zero-order valence-corrected chi connectivity index (χ0v) is 15.7. The van der Waals surface area contributed by atoms with Gasteiger partial charge in [0.25, 0.3) is 0 Å². The minimum atomic E-state index is 0. The Morgan fingerprint density at radius 2 is 2.09 bits per heavy atom. The molecule has 3 rings (SSSR count). The van der Waals surface area contributed by atoms with Crippen LogP contribution in [-0.2, 0) is 13.0 Å². The second-order valence-corrected chi connectivity index (χ2v) is 5.10. The van der Waals surface area contributed by atoms with Crippen LogP contribution in [0.5, 0.6) is 5.88 Å². The maximum Gasteiger partial charge on any atom is 0.213 e. The van der Waals surface area contributed by atoms with Crippen molar-refractivity contribution in [2.45, 2.75) is 13.0 Å². The van der Waals surface area contributed by atoms with E-state index >= 15 is 0 Å². The number of pyridine rings is 1. The first-order valence-electron chi connectivity index (χ1n) is 7.38. The van der Waals surface area contributed by atoms with Crippen molar-refractivity contribution in [1.82, 2.24) is 10.3 Å². The molecular weight excluding hydrogens is 403 g/mol. The highest BCUT2D eigenvalue weighted by Gasteiger charge is 2.22. The van der Waals surface area contributed by atoms with Gasteiger partial charge in [-0.2, -0.15) is 0 Å². The van der Waals surface area contributed by atoms with E-state index in [9.17, 15) is 0 Å². The van der Waals surface area contributed by atoms with E-state index in [2.05, 4.69) is 44.5 Å². The van der Waals surface area contributed by atoms with Gasteiger partial charge >= 0.3 is 0 Å². The Hall–Kier alpha value is -1.83. The van der Waals surface area contributed by atoms with Crippen LogP contribution >= 0.6 is 24.0 Å². The van der Waals surface area contributed by atoms with E-state index < -0.39 is 0 Å². The van der Waals surface area contributed by atoms with E-state index in [1.807, 2.05) is 25.2 Å². The lowest BCUT2D eigenvalue weighted by atomic mass is 10.2. The summed E-state index contributed by atoms with van der Waals surface area (Å²) in [5.41, 5.74) is 3.52. The van der Waals surface area contributed by atoms with Crippen molar-refractivity contribution < 1.29 is 4.74 Å². The summed E-state index contributed by atoms with van der Waals surface area (Å²) in [5.74, 6) is 1.50. The highest BCUT2D eigenvalue weighted by molar-refractivity contribution is 14.0. The summed E-state index contributed by atoms with van der Waals surface area (Å²) < 4.78 is 5.15. The number of para-hydroxylation sites is 1. The van der Waals surface area contributed by atoms with Gasteiger partial charge in [-0.05, 0) is 24.1 Å². The number of hydrogen-bond donors (Lipinski definition) is 1. The molecule has 0 unspecified atom stereocenters. The minimum absolute atomic E-state index is 0. The van der Waals surface area contributed by atoms with E-state index in [0.29, 0.717) is 12.4 Å². The number of methoxy groups -OCH3 is 1. The zero-order chi connectivity index (χ0) is 15.4. The number of rotatable bonds is 3. The van der Waals surface area contributed by atoms with Crippen molar-refractivity contribution in [2.24, 2.45) is 4.99 Å². The summed E-state index contributed by atoms with van der Waals surface area (Å²) in [7, 11) is 3.43. The molecule has 5 nitrogen and oxygen atoms in total. The average Bonchev–Trinajstić information content (AvgIpc) is 3.00. The number of aliphatic imine (C=N–C) groups is 1. The van der Waals surface area contributed by atoms with E-state index in [4.69, 9.17) is 4.74 Å². The molecule has 0 saturated heterocycles. The first-order chi connectivity index (χ1) is 10.8. The van der Waals surface area contributed by atoms with Gasteiger partial charge in [-0.3, -0.25) is 4.99 Å². The minimum Gasteiger partial charge on any atom is -0.481 e. The molecule has 1 aromatic heterocycles. The Labute approximate surface area is 153 Å². The molecule has 0 aliphatic carbocycles. The van der Waals surface area contributed by atoms with Crippen LogP contribution in [0.4, 0.5) is 5.69 Å². The maximum atomic E-state index is 5.15. The third kappa shape index (κ3) is 3.93. The Morgan fingerprint density at radius 1 is 1.26 bits per heavy atom. The second-order valence-electron chi connectivity index (χ2n) is 5.10. The largest absolute Gasteiger partial charge is 0.481 e. The van der Waals surface area contributed by atoms with Crippen molar-refractivity contribution in [3.05, 3.63) is 53.7 Å². The molecule has 2 aromatic rings. The van der Waals surface area contributed by atoms with Crippen LogP contribution < -0.4 is 15.0 Å². The molecule has 0 bridgehead atoms. The normalized spacial score (nSPS) is 13.3. The fourth-order valence-electron chi connectivity index (χ4n) is 2.69. The fraction of sp³-hybridized carbons (Fsp3) is 0.294. The Kier molecular flexibility index (Phi) is 6.20. The van der Waals surface area contributed by atoms with Crippen LogP contribution in [0.15, 0.2) is 47.5 Å². The van der Waals surface area contributed by atoms with E-state index in [1.54, 1.807) is 7.11 Å². The van der Waals surface area contributed by atoms with Gasteiger partial charge in [-0.15, -0.1) is 24.0 Å². The predicted molar refractivity (Wildman–Crippen MR) is 104 cm³/mol. The highest BCUT2D eigenvalue weighted by Crippen LogP contribution is 2.27. The van der Waals surface area contributed by atoms with Gasteiger partial charge in [0.15, 0.2) is 5.96 Å².